The zero-order valence-electron chi connectivity index (χ0n) is 17.7. The molecule has 0 aromatic carbocycles. The molecule has 0 saturated carbocycles. The molecule has 0 aromatic rings. The lowest BCUT2D eigenvalue weighted by Gasteiger charge is -2.28. The van der Waals surface area contributed by atoms with Gasteiger partial charge in [-0.3, -0.25) is 10.0 Å². The van der Waals surface area contributed by atoms with Crippen molar-refractivity contribution in [1.29, 1.82) is 0 Å². The van der Waals surface area contributed by atoms with E-state index in [2.05, 4.69) is 30.8 Å². The fraction of sp³-hybridized carbons (Fsp3) is 0.864. The number of carbonyl (C=O) groups excluding carboxylic acids is 1. The van der Waals surface area contributed by atoms with Gasteiger partial charge in [0.2, 0.25) is 5.91 Å². The van der Waals surface area contributed by atoms with E-state index >= 15 is 0 Å². The molecule has 4 unspecified atom stereocenters. The molecule has 0 spiro atoms. The van der Waals surface area contributed by atoms with Gasteiger partial charge in [0.05, 0.1) is 12.2 Å². The van der Waals surface area contributed by atoms with Gasteiger partial charge < -0.3 is 4.74 Å². The number of hydrogen-bond acceptors (Lipinski definition) is 5. The Balaban J connectivity index is 1.56. The molecule has 2 bridgehead atoms. The van der Waals surface area contributed by atoms with Gasteiger partial charge in [0.15, 0.2) is 0 Å². The van der Waals surface area contributed by atoms with Crippen LogP contribution >= 0.6 is 23.5 Å². The largest absolute Gasteiger partial charge is 0.374 e. The van der Waals surface area contributed by atoms with E-state index < -0.39 is 0 Å². The highest BCUT2D eigenvalue weighted by molar-refractivity contribution is 7.99. The first-order valence-electron chi connectivity index (χ1n) is 11.0. The van der Waals surface area contributed by atoms with Crippen LogP contribution in [0.5, 0.6) is 0 Å². The molecule has 28 heavy (non-hydrogen) atoms. The third kappa shape index (κ3) is 8.29. The molecule has 0 radical (unpaired) electrons. The van der Waals surface area contributed by atoms with Gasteiger partial charge in [-0.05, 0) is 74.0 Å². The molecule has 2 aliphatic heterocycles. The second kappa shape index (κ2) is 13.9. The molecule has 0 aromatic heterocycles. The topological polar surface area (TPSA) is 49.8 Å². The van der Waals surface area contributed by atoms with Gasteiger partial charge in [-0.15, -0.1) is 0 Å². The van der Waals surface area contributed by atoms with Crippen molar-refractivity contribution in [2.75, 3.05) is 30.1 Å². The third-order valence-corrected chi connectivity index (χ3v) is 7.96. The fourth-order valence-electron chi connectivity index (χ4n) is 4.36. The average molecular weight is 430 g/mol. The highest BCUT2D eigenvalue weighted by Crippen LogP contribution is 2.47. The standard InChI is InChI=1S/C22H39NO3S2/c1-3-4-5-7-14-27-16-12-18-19(21-11-10-20(18)26-21)13-17-28-15-8-6-9-22(24)23(2)25/h5,7,18-21,25H,3-4,6,8-17H2,1-2H3/b7-5+. The van der Waals surface area contributed by atoms with Crippen LogP contribution < -0.4 is 0 Å². The average Bonchev–Trinajstić information content (AvgIpc) is 3.28. The molecule has 2 saturated heterocycles. The number of hydroxylamine groups is 2. The first-order chi connectivity index (χ1) is 13.6. The number of unbranched alkanes of at least 4 members (excludes halogenated alkanes) is 2. The molecule has 4 nitrogen and oxygen atoms in total. The van der Waals surface area contributed by atoms with Gasteiger partial charge in [-0.1, -0.05) is 25.5 Å². The Morgan fingerprint density at radius 2 is 1.75 bits per heavy atom. The van der Waals surface area contributed by atoms with Gasteiger partial charge in [0, 0.05) is 19.2 Å². The Morgan fingerprint density at radius 3 is 2.39 bits per heavy atom. The molecule has 2 heterocycles. The van der Waals surface area contributed by atoms with Gasteiger partial charge in [-0.2, -0.15) is 23.5 Å². The van der Waals surface area contributed by atoms with Gasteiger partial charge in [0.25, 0.3) is 0 Å². The van der Waals surface area contributed by atoms with Crippen LogP contribution in [0.1, 0.15) is 64.7 Å². The molecule has 2 aliphatic rings. The minimum Gasteiger partial charge on any atom is -0.374 e. The highest BCUT2D eigenvalue weighted by Gasteiger charge is 2.47. The molecule has 162 valence electrons. The molecule has 4 atom stereocenters. The van der Waals surface area contributed by atoms with E-state index in [-0.39, 0.29) is 5.91 Å². The first kappa shape index (κ1) is 24.1. The van der Waals surface area contributed by atoms with Crippen LogP contribution in [-0.2, 0) is 9.53 Å². The van der Waals surface area contributed by atoms with Crippen LogP contribution in [0.15, 0.2) is 12.2 Å². The van der Waals surface area contributed by atoms with E-state index in [4.69, 9.17) is 9.94 Å². The van der Waals surface area contributed by atoms with E-state index in [1.165, 1.54) is 57.1 Å². The first-order valence-corrected chi connectivity index (χ1v) is 13.4. The highest BCUT2D eigenvalue weighted by atomic mass is 32.2. The molecule has 6 heteroatoms. The second-order valence-corrected chi connectivity index (χ2v) is 10.4. The van der Waals surface area contributed by atoms with E-state index in [9.17, 15) is 4.79 Å². The zero-order valence-corrected chi connectivity index (χ0v) is 19.3. The SMILES string of the molecule is CCC/C=C/CSCCC1C2CCC(O2)C1CCSCCCCC(=O)N(C)O. The van der Waals surface area contributed by atoms with Crippen LogP contribution in [-0.4, -0.2) is 58.4 Å². The Hall–Kier alpha value is -0.170. The van der Waals surface area contributed by atoms with E-state index in [1.807, 2.05) is 11.8 Å². The number of fused-ring (bicyclic) bond motifs is 2. The van der Waals surface area contributed by atoms with Gasteiger partial charge in [-0.25, -0.2) is 5.06 Å². The molecular weight excluding hydrogens is 390 g/mol. The summed E-state index contributed by atoms with van der Waals surface area (Å²) in [5.41, 5.74) is 0. The van der Waals surface area contributed by atoms with Crippen LogP contribution in [0.3, 0.4) is 0 Å². The number of nitrogens with zero attached hydrogens (tertiary/aromatic N) is 1. The Labute approximate surface area is 180 Å². The number of allylic oxidation sites excluding steroid dienone is 1. The lowest BCUT2D eigenvalue weighted by molar-refractivity contribution is -0.159. The van der Waals surface area contributed by atoms with Crippen molar-refractivity contribution >= 4 is 29.4 Å². The minimum absolute atomic E-state index is 0.189. The number of rotatable bonds is 15. The predicted octanol–water partition coefficient (Wildman–Crippen LogP) is 5.40. The van der Waals surface area contributed by atoms with Crippen LogP contribution in [0.4, 0.5) is 0 Å². The van der Waals surface area contributed by atoms with Crippen molar-refractivity contribution in [3.8, 4) is 0 Å². The van der Waals surface area contributed by atoms with Crippen LogP contribution in [0, 0.1) is 11.8 Å². The van der Waals surface area contributed by atoms with Gasteiger partial charge >= 0.3 is 0 Å². The fourth-order valence-corrected chi connectivity index (χ4v) is 6.29. The van der Waals surface area contributed by atoms with Crippen molar-refractivity contribution in [1.82, 2.24) is 5.06 Å². The summed E-state index contributed by atoms with van der Waals surface area (Å²) in [6.45, 7) is 2.22. The van der Waals surface area contributed by atoms with Crippen LogP contribution in [0.25, 0.3) is 0 Å². The summed E-state index contributed by atoms with van der Waals surface area (Å²) in [6.07, 6.45) is 15.6. The Morgan fingerprint density at radius 1 is 1.07 bits per heavy atom. The molecular formula is C22H39NO3S2. The smallest absolute Gasteiger partial charge is 0.245 e. The van der Waals surface area contributed by atoms with Gasteiger partial charge in [0.1, 0.15) is 0 Å². The minimum atomic E-state index is -0.189. The molecule has 2 fully saturated rings. The maximum Gasteiger partial charge on any atom is 0.245 e. The number of hydrogen-bond donors (Lipinski definition) is 1. The van der Waals surface area contributed by atoms with Crippen molar-refractivity contribution in [2.45, 2.75) is 76.9 Å². The Bertz CT molecular complexity index is 473. The third-order valence-electron chi connectivity index (χ3n) is 5.91. The number of thioether (sulfide) groups is 2. The molecule has 0 aliphatic carbocycles. The van der Waals surface area contributed by atoms with E-state index in [1.54, 1.807) is 0 Å². The lowest BCUT2D eigenvalue weighted by Crippen LogP contribution is -2.28. The van der Waals surface area contributed by atoms with E-state index in [0.29, 0.717) is 23.7 Å². The second-order valence-electron chi connectivity index (χ2n) is 8.02. The van der Waals surface area contributed by atoms with Crippen molar-refractivity contribution in [3.05, 3.63) is 12.2 Å². The maximum absolute atomic E-state index is 11.3. The summed E-state index contributed by atoms with van der Waals surface area (Å²) >= 11 is 4.08. The van der Waals surface area contributed by atoms with Crippen molar-refractivity contribution in [2.24, 2.45) is 11.8 Å². The monoisotopic (exact) mass is 429 g/mol. The van der Waals surface area contributed by atoms with Crippen molar-refractivity contribution in [3.63, 3.8) is 0 Å². The summed E-state index contributed by atoms with van der Waals surface area (Å²) in [4.78, 5) is 11.3. The summed E-state index contributed by atoms with van der Waals surface area (Å²) in [6, 6.07) is 0. The predicted molar refractivity (Wildman–Crippen MR) is 121 cm³/mol. The summed E-state index contributed by atoms with van der Waals surface area (Å²) in [5, 5.41) is 9.74. The number of ether oxygens (including phenoxy) is 1. The Kier molecular flexibility index (Phi) is 12.0. The number of amides is 1. The quantitative estimate of drug-likeness (QED) is 0.163. The van der Waals surface area contributed by atoms with Crippen molar-refractivity contribution < 1.29 is 14.7 Å². The molecule has 2 rings (SSSR count). The van der Waals surface area contributed by atoms with Crippen LogP contribution in [0.2, 0.25) is 0 Å². The normalized spacial score (nSPS) is 26.4. The lowest BCUT2D eigenvalue weighted by atomic mass is 9.76. The zero-order chi connectivity index (χ0) is 20.2. The number of carbonyl (C=O) groups is 1. The van der Waals surface area contributed by atoms with E-state index in [0.717, 1.165) is 36.2 Å². The summed E-state index contributed by atoms with van der Waals surface area (Å²) in [7, 11) is 1.40. The maximum atomic E-state index is 11.3. The summed E-state index contributed by atoms with van der Waals surface area (Å²) < 4.78 is 6.25. The molecule has 1 N–H and O–H groups in total. The molecule has 1 amide bonds. The summed E-state index contributed by atoms with van der Waals surface area (Å²) in [5.74, 6) is 6.05.